The van der Waals surface area contributed by atoms with Gasteiger partial charge in [-0.1, -0.05) is 28.1 Å². The highest BCUT2D eigenvalue weighted by molar-refractivity contribution is 9.10. The number of halogens is 2. The van der Waals surface area contributed by atoms with Crippen LogP contribution in [0.2, 0.25) is 0 Å². The SMILES string of the molecule is O=C(O)COc1ccc(Br)cc1/C=C1/NC(=O)N(CC(=O)Nc2ccccc2F)C1=O. The number of carboxylic acids is 1. The number of hydrogen-bond acceptors (Lipinski definition) is 5. The first kappa shape index (κ1) is 22.0. The number of rotatable bonds is 7. The van der Waals surface area contributed by atoms with Crippen molar-refractivity contribution in [2.24, 2.45) is 0 Å². The molecule has 2 aromatic carbocycles. The average molecular weight is 492 g/mol. The number of carbonyl (C=O) groups excluding carboxylic acids is 3. The Hall–Kier alpha value is -3.73. The van der Waals surface area contributed by atoms with Crippen molar-refractivity contribution in [2.45, 2.75) is 0 Å². The third-order valence-corrected chi connectivity index (χ3v) is 4.53. The molecule has 0 aromatic heterocycles. The molecular formula is C20H15BrFN3O6. The Morgan fingerprint density at radius 2 is 1.97 bits per heavy atom. The van der Waals surface area contributed by atoms with Gasteiger partial charge < -0.3 is 20.5 Å². The summed E-state index contributed by atoms with van der Waals surface area (Å²) in [6.45, 7) is -1.22. The van der Waals surface area contributed by atoms with Crippen molar-refractivity contribution in [3.05, 3.63) is 64.0 Å². The normalized spacial score (nSPS) is 14.5. The van der Waals surface area contributed by atoms with E-state index in [0.717, 1.165) is 6.07 Å². The van der Waals surface area contributed by atoms with Crippen LogP contribution in [0.1, 0.15) is 5.56 Å². The van der Waals surface area contributed by atoms with Crippen LogP contribution in [-0.2, 0) is 14.4 Å². The Labute approximate surface area is 183 Å². The number of para-hydroxylation sites is 1. The van der Waals surface area contributed by atoms with Gasteiger partial charge in [0.15, 0.2) is 6.61 Å². The fraction of sp³-hybridized carbons (Fsp3) is 0.100. The van der Waals surface area contributed by atoms with E-state index >= 15 is 0 Å². The lowest BCUT2D eigenvalue weighted by Gasteiger charge is -2.12. The third kappa shape index (κ3) is 5.45. The van der Waals surface area contributed by atoms with Crippen molar-refractivity contribution < 1.29 is 33.4 Å². The van der Waals surface area contributed by atoms with Crippen molar-refractivity contribution in [1.82, 2.24) is 10.2 Å². The van der Waals surface area contributed by atoms with Crippen LogP contribution in [0, 0.1) is 5.82 Å². The highest BCUT2D eigenvalue weighted by Crippen LogP contribution is 2.26. The second-order valence-electron chi connectivity index (χ2n) is 6.27. The maximum Gasteiger partial charge on any atom is 0.341 e. The molecular weight excluding hydrogens is 477 g/mol. The predicted octanol–water partition coefficient (Wildman–Crippen LogP) is 2.58. The molecule has 0 radical (unpaired) electrons. The van der Waals surface area contributed by atoms with Gasteiger partial charge in [0.1, 0.15) is 23.8 Å². The summed E-state index contributed by atoms with van der Waals surface area (Å²) in [4.78, 5) is 48.4. The molecule has 1 heterocycles. The fourth-order valence-electron chi connectivity index (χ4n) is 2.67. The largest absolute Gasteiger partial charge is 0.481 e. The van der Waals surface area contributed by atoms with Gasteiger partial charge in [-0.3, -0.25) is 9.59 Å². The minimum absolute atomic E-state index is 0.0790. The Bertz CT molecular complexity index is 1100. The van der Waals surface area contributed by atoms with E-state index in [1.165, 1.54) is 30.3 Å². The first-order valence-corrected chi connectivity index (χ1v) is 9.57. The molecule has 1 aliphatic rings. The van der Waals surface area contributed by atoms with Gasteiger partial charge in [-0.25, -0.2) is 18.9 Å². The van der Waals surface area contributed by atoms with Gasteiger partial charge in [0, 0.05) is 10.0 Å². The molecule has 3 rings (SSSR count). The van der Waals surface area contributed by atoms with Crippen LogP contribution >= 0.6 is 15.9 Å². The summed E-state index contributed by atoms with van der Waals surface area (Å²) in [6.07, 6.45) is 1.30. The van der Waals surface area contributed by atoms with Crippen LogP contribution in [0.15, 0.2) is 52.6 Å². The topological polar surface area (TPSA) is 125 Å². The quantitative estimate of drug-likeness (QED) is 0.403. The molecule has 0 bridgehead atoms. The van der Waals surface area contributed by atoms with E-state index in [9.17, 15) is 23.6 Å². The Morgan fingerprint density at radius 3 is 2.68 bits per heavy atom. The molecule has 2 aromatic rings. The fourth-order valence-corrected chi connectivity index (χ4v) is 3.05. The Kier molecular flexibility index (Phi) is 6.65. The number of amides is 4. The smallest absolute Gasteiger partial charge is 0.341 e. The first-order chi connectivity index (χ1) is 14.7. The third-order valence-electron chi connectivity index (χ3n) is 4.03. The molecule has 4 amide bonds. The first-order valence-electron chi connectivity index (χ1n) is 8.77. The number of imide groups is 1. The number of hydrogen-bond donors (Lipinski definition) is 3. The predicted molar refractivity (Wildman–Crippen MR) is 111 cm³/mol. The molecule has 1 saturated heterocycles. The monoisotopic (exact) mass is 491 g/mol. The zero-order chi connectivity index (χ0) is 22.5. The lowest BCUT2D eigenvalue weighted by Crippen LogP contribution is -2.38. The summed E-state index contributed by atoms with van der Waals surface area (Å²) in [5.74, 6) is -3.20. The highest BCUT2D eigenvalue weighted by Gasteiger charge is 2.35. The second-order valence-corrected chi connectivity index (χ2v) is 7.19. The van der Waals surface area contributed by atoms with Crippen LogP contribution in [0.4, 0.5) is 14.9 Å². The molecule has 0 spiro atoms. The molecule has 11 heteroatoms. The molecule has 31 heavy (non-hydrogen) atoms. The molecule has 0 aliphatic carbocycles. The molecule has 1 aliphatic heterocycles. The number of nitrogens with zero attached hydrogens (tertiary/aromatic N) is 1. The summed E-state index contributed by atoms with van der Waals surface area (Å²) in [6, 6.07) is 9.33. The van der Waals surface area contributed by atoms with Crippen molar-refractivity contribution in [3.8, 4) is 5.75 Å². The molecule has 1 fully saturated rings. The number of ether oxygens (including phenoxy) is 1. The second kappa shape index (κ2) is 9.39. The molecule has 0 atom stereocenters. The van der Waals surface area contributed by atoms with Gasteiger partial charge in [0.2, 0.25) is 5.91 Å². The van der Waals surface area contributed by atoms with Gasteiger partial charge in [-0.2, -0.15) is 0 Å². The van der Waals surface area contributed by atoms with Crippen molar-refractivity contribution in [1.29, 1.82) is 0 Å². The lowest BCUT2D eigenvalue weighted by molar-refractivity contribution is -0.139. The lowest BCUT2D eigenvalue weighted by atomic mass is 10.1. The molecule has 160 valence electrons. The van der Waals surface area contributed by atoms with Crippen LogP contribution in [0.25, 0.3) is 6.08 Å². The van der Waals surface area contributed by atoms with Gasteiger partial charge in [0.05, 0.1) is 5.69 Å². The Balaban J connectivity index is 1.76. The van der Waals surface area contributed by atoms with E-state index in [-0.39, 0.29) is 17.1 Å². The number of nitrogens with one attached hydrogen (secondary N) is 2. The summed E-state index contributed by atoms with van der Waals surface area (Å²) in [5.41, 5.74) is 0.114. The Morgan fingerprint density at radius 1 is 1.23 bits per heavy atom. The van der Waals surface area contributed by atoms with Crippen LogP contribution in [-0.4, -0.2) is 47.0 Å². The minimum Gasteiger partial charge on any atom is -0.481 e. The van der Waals surface area contributed by atoms with E-state index in [1.54, 1.807) is 12.1 Å². The number of carboxylic acid groups (broad SMARTS) is 1. The molecule has 9 nitrogen and oxygen atoms in total. The van der Waals surface area contributed by atoms with Crippen molar-refractivity contribution in [2.75, 3.05) is 18.5 Å². The summed E-state index contributed by atoms with van der Waals surface area (Å²) >= 11 is 3.27. The zero-order valence-corrected chi connectivity index (χ0v) is 17.3. The maximum atomic E-state index is 13.7. The van der Waals surface area contributed by atoms with Crippen molar-refractivity contribution in [3.63, 3.8) is 0 Å². The number of aliphatic carboxylic acids is 1. The summed E-state index contributed by atoms with van der Waals surface area (Å²) in [5, 5.41) is 13.4. The van der Waals surface area contributed by atoms with Gasteiger partial charge in [-0.05, 0) is 36.4 Å². The summed E-state index contributed by atoms with van der Waals surface area (Å²) in [7, 11) is 0. The van der Waals surface area contributed by atoms with Gasteiger partial charge >= 0.3 is 12.0 Å². The molecule has 3 N–H and O–H groups in total. The van der Waals surface area contributed by atoms with Gasteiger partial charge in [-0.15, -0.1) is 0 Å². The van der Waals surface area contributed by atoms with Gasteiger partial charge in [0.25, 0.3) is 5.91 Å². The van der Waals surface area contributed by atoms with E-state index in [0.29, 0.717) is 14.9 Å². The number of benzene rings is 2. The standard InChI is InChI=1S/C20H15BrFN3O6/c21-12-5-6-16(31-10-18(27)28)11(7-12)8-15-19(29)25(20(30)24-15)9-17(26)23-14-4-2-1-3-13(14)22/h1-8H,9-10H2,(H,23,26)(H,24,30)(H,27,28)/b15-8+. The van der Waals surface area contributed by atoms with Crippen LogP contribution in [0.3, 0.4) is 0 Å². The van der Waals surface area contributed by atoms with E-state index in [4.69, 9.17) is 9.84 Å². The summed E-state index contributed by atoms with van der Waals surface area (Å²) < 4.78 is 19.5. The molecule has 0 saturated carbocycles. The molecule has 0 unspecified atom stereocenters. The number of carbonyl (C=O) groups is 4. The maximum absolute atomic E-state index is 13.7. The van der Waals surface area contributed by atoms with E-state index in [1.807, 2.05) is 0 Å². The minimum atomic E-state index is -1.18. The van der Waals surface area contributed by atoms with E-state index in [2.05, 4.69) is 26.6 Å². The zero-order valence-electron chi connectivity index (χ0n) is 15.7. The van der Waals surface area contributed by atoms with Crippen LogP contribution < -0.4 is 15.4 Å². The van der Waals surface area contributed by atoms with E-state index < -0.39 is 42.8 Å². The number of anilines is 1. The van der Waals surface area contributed by atoms with Crippen molar-refractivity contribution >= 4 is 51.5 Å². The van der Waals surface area contributed by atoms with Crippen LogP contribution in [0.5, 0.6) is 5.75 Å². The average Bonchev–Trinajstić information content (AvgIpc) is 2.96. The number of urea groups is 1. The highest BCUT2D eigenvalue weighted by atomic mass is 79.9.